The van der Waals surface area contributed by atoms with E-state index in [9.17, 15) is 14.4 Å². The standard InChI is InChI=1S/C67H124O6/c1-4-7-10-13-16-19-22-24-26-28-30-32-33-35-36-38-40-42-45-48-51-54-57-60-66(69)72-63-64(62-71-65(68)59-56-53-50-47-44-21-18-15-12-9-6-3)73-67(70)61-58-55-52-49-46-43-41-39-37-34-31-29-27-25-23-20-17-14-11-8-5-2/h23,25,29,31,37,39,64H,4-22,24,26-28,30,32-36,38,40-63H2,1-3H3/b25-23-,31-29-,39-37-. The van der Waals surface area contributed by atoms with Crippen LogP contribution in [-0.2, 0) is 28.6 Å². The SMILES string of the molecule is CCCCCCC/C=C\C/C=C\C/C=C\CCCCCCCCC(=O)OC(COC(=O)CCCCCCCCCCCCC)COC(=O)CCCCCCCCCCCCCCCCCCCCCCCCC. The Morgan fingerprint density at radius 3 is 0.767 bits per heavy atom. The molecule has 0 rings (SSSR count). The summed E-state index contributed by atoms with van der Waals surface area (Å²) in [6, 6.07) is 0. The van der Waals surface area contributed by atoms with Crippen molar-refractivity contribution in [2.24, 2.45) is 0 Å². The molecule has 0 aliphatic rings. The normalized spacial score (nSPS) is 12.2. The van der Waals surface area contributed by atoms with Crippen LogP contribution < -0.4 is 0 Å². The Hall–Kier alpha value is -2.37. The highest BCUT2D eigenvalue weighted by Crippen LogP contribution is 2.18. The monoisotopic (exact) mass is 1020 g/mol. The van der Waals surface area contributed by atoms with Crippen LogP contribution in [0.15, 0.2) is 36.5 Å². The largest absolute Gasteiger partial charge is 0.462 e. The molecule has 0 aromatic carbocycles. The Morgan fingerprint density at radius 2 is 0.493 bits per heavy atom. The minimum atomic E-state index is -0.776. The number of carbonyl (C=O) groups excluding carboxylic acids is 3. The number of allylic oxidation sites excluding steroid dienone is 6. The zero-order chi connectivity index (χ0) is 52.9. The van der Waals surface area contributed by atoms with Gasteiger partial charge in [-0.25, -0.2) is 0 Å². The highest BCUT2D eigenvalue weighted by Gasteiger charge is 2.19. The van der Waals surface area contributed by atoms with E-state index in [-0.39, 0.29) is 31.1 Å². The first-order valence-electron chi connectivity index (χ1n) is 32.5. The van der Waals surface area contributed by atoms with Gasteiger partial charge in [0.2, 0.25) is 0 Å². The van der Waals surface area contributed by atoms with Gasteiger partial charge in [-0.2, -0.15) is 0 Å². The zero-order valence-electron chi connectivity index (χ0n) is 49.2. The van der Waals surface area contributed by atoms with Gasteiger partial charge in [0.1, 0.15) is 13.2 Å². The molecule has 1 atom stereocenters. The van der Waals surface area contributed by atoms with Gasteiger partial charge in [-0.1, -0.05) is 314 Å². The number of esters is 3. The van der Waals surface area contributed by atoms with Gasteiger partial charge in [-0.3, -0.25) is 14.4 Å². The van der Waals surface area contributed by atoms with Crippen LogP contribution in [0.5, 0.6) is 0 Å². The summed E-state index contributed by atoms with van der Waals surface area (Å²) in [4.78, 5) is 38.3. The first-order chi connectivity index (χ1) is 36.0. The van der Waals surface area contributed by atoms with Gasteiger partial charge in [-0.15, -0.1) is 0 Å². The predicted molar refractivity (Wildman–Crippen MR) is 316 cm³/mol. The smallest absolute Gasteiger partial charge is 0.306 e. The molecular formula is C67H124O6. The lowest BCUT2D eigenvalue weighted by atomic mass is 10.0. The van der Waals surface area contributed by atoms with E-state index in [1.807, 2.05) is 0 Å². The topological polar surface area (TPSA) is 78.9 Å². The average molecular weight is 1030 g/mol. The summed E-state index contributed by atoms with van der Waals surface area (Å²) >= 11 is 0. The molecule has 0 aromatic rings. The Bertz CT molecular complexity index is 1220. The van der Waals surface area contributed by atoms with E-state index in [0.717, 1.165) is 77.0 Å². The molecule has 0 spiro atoms. The molecule has 0 aliphatic carbocycles. The molecule has 428 valence electrons. The van der Waals surface area contributed by atoms with Crippen molar-refractivity contribution in [2.75, 3.05) is 13.2 Å². The van der Waals surface area contributed by atoms with E-state index >= 15 is 0 Å². The molecule has 0 aromatic heterocycles. The third kappa shape index (κ3) is 60.4. The van der Waals surface area contributed by atoms with Crippen molar-refractivity contribution in [2.45, 2.75) is 361 Å². The molecule has 6 heteroatoms. The fourth-order valence-corrected chi connectivity index (χ4v) is 9.75. The van der Waals surface area contributed by atoms with Crippen LogP contribution >= 0.6 is 0 Å². The molecular weight excluding hydrogens is 901 g/mol. The van der Waals surface area contributed by atoms with E-state index in [1.54, 1.807) is 0 Å². The number of hydrogen-bond acceptors (Lipinski definition) is 6. The van der Waals surface area contributed by atoms with E-state index in [0.29, 0.717) is 19.3 Å². The maximum Gasteiger partial charge on any atom is 0.306 e. The van der Waals surface area contributed by atoms with Crippen molar-refractivity contribution in [3.05, 3.63) is 36.5 Å². The highest BCUT2D eigenvalue weighted by molar-refractivity contribution is 5.71. The third-order valence-corrected chi connectivity index (χ3v) is 14.6. The minimum absolute atomic E-state index is 0.0724. The van der Waals surface area contributed by atoms with Crippen LogP contribution in [-0.4, -0.2) is 37.2 Å². The van der Waals surface area contributed by atoms with Gasteiger partial charge >= 0.3 is 17.9 Å². The highest BCUT2D eigenvalue weighted by atomic mass is 16.6. The van der Waals surface area contributed by atoms with Crippen molar-refractivity contribution < 1.29 is 28.6 Å². The van der Waals surface area contributed by atoms with E-state index in [1.165, 1.54) is 238 Å². The number of hydrogen-bond donors (Lipinski definition) is 0. The van der Waals surface area contributed by atoms with Gasteiger partial charge in [0.15, 0.2) is 6.10 Å². The van der Waals surface area contributed by atoms with Gasteiger partial charge < -0.3 is 14.2 Å². The van der Waals surface area contributed by atoms with E-state index in [2.05, 4.69) is 57.2 Å². The van der Waals surface area contributed by atoms with Crippen molar-refractivity contribution >= 4 is 17.9 Å². The molecule has 0 saturated carbocycles. The summed E-state index contributed by atoms with van der Waals surface area (Å²) in [5, 5.41) is 0. The molecule has 0 saturated heterocycles. The molecule has 0 radical (unpaired) electrons. The fraction of sp³-hybridized carbons (Fsp3) is 0.866. The first kappa shape index (κ1) is 70.6. The van der Waals surface area contributed by atoms with Crippen molar-refractivity contribution in [3.8, 4) is 0 Å². The lowest BCUT2D eigenvalue weighted by molar-refractivity contribution is -0.167. The summed E-state index contributed by atoms with van der Waals surface area (Å²) in [5.74, 6) is -0.862. The number of rotatable bonds is 60. The molecule has 0 bridgehead atoms. The molecule has 0 fully saturated rings. The van der Waals surface area contributed by atoms with Crippen LogP contribution in [0.1, 0.15) is 355 Å². The first-order valence-corrected chi connectivity index (χ1v) is 32.5. The lowest BCUT2D eigenvalue weighted by Gasteiger charge is -2.18. The summed E-state index contributed by atoms with van der Waals surface area (Å²) in [7, 11) is 0. The fourth-order valence-electron chi connectivity index (χ4n) is 9.75. The summed E-state index contributed by atoms with van der Waals surface area (Å²) < 4.78 is 16.9. The second-order valence-corrected chi connectivity index (χ2v) is 22.0. The Kier molecular flexibility index (Phi) is 60.2. The van der Waals surface area contributed by atoms with Crippen molar-refractivity contribution in [1.82, 2.24) is 0 Å². The summed E-state index contributed by atoms with van der Waals surface area (Å²) in [5.41, 5.74) is 0. The second-order valence-electron chi connectivity index (χ2n) is 22.0. The van der Waals surface area contributed by atoms with Crippen molar-refractivity contribution in [3.63, 3.8) is 0 Å². The molecule has 0 N–H and O–H groups in total. The number of carbonyl (C=O) groups is 3. The van der Waals surface area contributed by atoms with Crippen LogP contribution in [0, 0.1) is 0 Å². The molecule has 0 aliphatic heterocycles. The van der Waals surface area contributed by atoms with Gasteiger partial charge in [0.25, 0.3) is 0 Å². The average Bonchev–Trinajstić information content (AvgIpc) is 3.39. The molecule has 73 heavy (non-hydrogen) atoms. The molecule has 6 nitrogen and oxygen atoms in total. The van der Waals surface area contributed by atoms with E-state index < -0.39 is 6.10 Å². The summed E-state index contributed by atoms with van der Waals surface area (Å²) in [6.45, 7) is 6.67. The van der Waals surface area contributed by atoms with Gasteiger partial charge in [0.05, 0.1) is 0 Å². The van der Waals surface area contributed by atoms with E-state index in [4.69, 9.17) is 14.2 Å². The second kappa shape index (κ2) is 62.2. The molecule has 0 heterocycles. The quantitative estimate of drug-likeness (QED) is 0.0261. The lowest BCUT2D eigenvalue weighted by Crippen LogP contribution is -2.30. The van der Waals surface area contributed by atoms with Crippen LogP contribution in [0.25, 0.3) is 0 Å². The molecule has 1 unspecified atom stereocenters. The Balaban J connectivity index is 4.25. The van der Waals surface area contributed by atoms with Gasteiger partial charge in [0, 0.05) is 19.3 Å². The Labute approximate surface area is 455 Å². The number of unbranched alkanes of at least 4 members (excludes halogenated alkanes) is 43. The number of ether oxygens (including phenoxy) is 3. The van der Waals surface area contributed by atoms with Crippen LogP contribution in [0.3, 0.4) is 0 Å². The minimum Gasteiger partial charge on any atom is -0.462 e. The maximum atomic E-state index is 12.9. The van der Waals surface area contributed by atoms with Crippen molar-refractivity contribution in [1.29, 1.82) is 0 Å². The van der Waals surface area contributed by atoms with Crippen LogP contribution in [0.4, 0.5) is 0 Å². The maximum absolute atomic E-state index is 12.9. The predicted octanol–water partition coefficient (Wildman–Crippen LogP) is 22.0. The third-order valence-electron chi connectivity index (χ3n) is 14.6. The Morgan fingerprint density at radius 1 is 0.274 bits per heavy atom. The summed E-state index contributed by atoms with van der Waals surface area (Å²) in [6.07, 6.45) is 75.9. The van der Waals surface area contributed by atoms with Gasteiger partial charge in [-0.05, 0) is 57.8 Å². The zero-order valence-corrected chi connectivity index (χ0v) is 49.2. The molecule has 0 amide bonds. The van der Waals surface area contributed by atoms with Crippen LogP contribution in [0.2, 0.25) is 0 Å².